The number of hydrogen-bond donors (Lipinski definition) is 1. The molecule has 0 radical (unpaired) electrons. The Bertz CT molecular complexity index is 962. The van der Waals surface area contributed by atoms with Crippen LogP contribution in [-0.2, 0) is 14.3 Å². The van der Waals surface area contributed by atoms with Crippen molar-refractivity contribution in [1.82, 2.24) is 0 Å². The predicted octanol–water partition coefficient (Wildman–Crippen LogP) is 3.41. The second kappa shape index (κ2) is 6.84. The smallest absolute Gasteiger partial charge is 0.340 e. The number of halogens is 1. The van der Waals surface area contributed by atoms with E-state index in [1.807, 2.05) is 0 Å². The minimum Gasteiger partial charge on any atom is -0.508 e. The number of esters is 1. The zero-order valence-electron chi connectivity index (χ0n) is 14.2. The molecule has 2 aromatic rings. The lowest BCUT2D eigenvalue weighted by Crippen LogP contribution is -2.25. The molecule has 0 saturated carbocycles. The van der Waals surface area contributed by atoms with Crippen LogP contribution in [0.3, 0.4) is 0 Å². The van der Waals surface area contributed by atoms with Crippen molar-refractivity contribution in [3.05, 3.63) is 76.8 Å². The number of ether oxygens (including phenoxy) is 1. The van der Waals surface area contributed by atoms with Gasteiger partial charge < -0.3 is 9.84 Å². The number of rotatable bonds is 3. The molecule has 132 valence electrons. The fourth-order valence-electron chi connectivity index (χ4n) is 2.88. The highest BCUT2D eigenvalue weighted by atomic mass is 19.1. The maximum Gasteiger partial charge on any atom is 0.340 e. The van der Waals surface area contributed by atoms with Crippen molar-refractivity contribution in [3.8, 4) is 5.75 Å². The highest BCUT2D eigenvalue weighted by molar-refractivity contribution is 6.23. The number of nitrogens with zero attached hydrogens (tertiary/aromatic N) is 1. The van der Waals surface area contributed by atoms with Crippen molar-refractivity contribution in [3.63, 3.8) is 0 Å². The molecule has 1 heterocycles. The second-order valence-corrected chi connectivity index (χ2v) is 5.70. The molecule has 1 N–H and O–H groups in total. The van der Waals surface area contributed by atoms with Crippen LogP contribution < -0.4 is 4.90 Å². The Labute approximate surface area is 149 Å². The fourth-order valence-corrected chi connectivity index (χ4v) is 2.88. The molecule has 5 nitrogen and oxygen atoms in total. The first-order chi connectivity index (χ1) is 12.4. The van der Waals surface area contributed by atoms with Gasteiger partial charge in [0, 0.05) is 5.70 Å². The molecule has 26 heavy (non-hydrogen) atoms. The minimum absolute atomic E-state index is 0.0241. The number of amides is 1. The van der Waals surface area contributed by atoms with Crippen molar-refractivity contribution in [2.75, 3.05) is 12.0 Å². The summed E-state index contributed by atoms with van der Waals surface area (Å²) in [6, 6.07) is 12.1. The fraction of sp³-hybridized carbons (Fsp3) is 0.100. The first-order valence-electron chi connectivity index (χ1n) is 7.83. The minimum atomic E-state index is -0.693. The molecule has 1 aliphatic heterocycles. The number of phenolic OH excluding ortho intramolecular Hbond substituents is 1. The number of para-hydroxylation sites is 1. The number of allylic oxidation sites excluding steroid dienone is 1. The average molecular weight is 353 g/mol. The molecule has 0 unspecified atom stereocenters. The van der Waals surface area contributed by atoms with Crippen LogP contribution in [0.15, 0.2) is 65.4 Å². The monoisotopic (exact) mass is 353 g/mol. The SMILES string of the molecule is COC(=O)C1=C(C)N(c2ccccc2F)C(=O)/C1=C\c1cccc(O)c1. The molecule has 0 atom stereocenters. The Morgan fingerprint density at radius 1 is 1.19 bits per heavy atom. The summed E-state index contributed by atoms with van der Waals surface area (Å²) >= 11 is 0. The average Bonchev–Trinajstić information content (AvgIpc) is 2.85. The lowest BCUT2D eigenvalue weighted by Gasteiger charge is -2.18. The van der Waals surface area contributed by atoms with Gasteiger partial charge in [0.2, 0.25) is 0 Å². The molecule has 0 fully saturated rings. The van der Waals surface area contributed by atoms with Crippen LogP contribution in [0.2, 0.25) is 0 Å². The number of carbonyl (C=O) groups excluding carboxylic acids is 2. The number of carbonyl (C=O) groups is 2. The molecule has 0 aliphatic carbocycles. The van der Waals surface area contributed by atoms with Crippen molar-refractivity contribution >= 4 is 23.6 Å². The van der Waals surface area contributed by atoms with E-state index >= 15 is 0 Å². The molecule has 0 spiro atoms. The van der Waals surface area contributed by atoms with Crippen molar-refractivity contribution < 1.29 is 23.8 Å². The lowest BCUT2D eigenvalue weighted by molar-refractivity contribution is -0.136. The second-order valence-electron chi connectivity index (χ2n) is 5.70. The van der Waals surface area contributed by atoms with Crippen LogP contribution in [0.25, 0.3) is 6.08 Å². The largest absolute Gasteiger partial charge is 0.508 e. The van der Waals surface area contributed by atoms with Gasteiger partial charge in [0.05, 0.1) is 23.9 Å². The molecule has 3 rings (SSSR count). The van der Waals surface area contributed by atoms with E-state index < -0.39 is 17.7 Å². The summed E-state index contributed by atoms with van der Waals surface area (Å²) in [6.07, 6.45) is 1.47. The van der Waals surface area contributed by atoms with E-state index in [4.69, 9.17) is 4.74 Å². The van der Waals surface area contributed by atoms with Crippen LogP contribution in [0.1, 0.15) is 12.5 Å². The first kappa shape index (κ1) is 17.4. The maximum atomic E-state index is 14.2. The first-order valence-corrected chi connectivity index (χ1v) is 7.83. The van der Waals surface area contributed by atoms with Gasteiger partial charge in [-0.15, -0.1) is 0 Å². The Morgan fingerprint density at radius 3 is 2.58 bits per heavy atom. The number of anilines is 1. The topological polar surface area (TPSA) is 66.8 Å². The molecule has 0 aromatic heterocycles. The van der Waals surface area contributed by atoms with Gasteiger partial charge in [-0.05, 0) is 42.8 Å². The summed E-state index contributed by atoms with van der Waals surface area (Å²) in [7, 11) is 1.21. The Hall–Kier alpha value is -3.41. The van der Waals surface area contributed by atoms with Crippen LogP contribution >= 0.6 is 0 Å². The normalized spacial score (nSPS) is 15.7. The van der Waals surface area contributed by atoms with Gasteiger partial charge in [0.25, 0.3) is 5.91 Å². The molecular formula is C20H16FNO4. The van der Waals surface area contributed by atoms with Gasteiger partial charge in [-0.25, -0.2) is 9.18 Å². The third-order valence-electron chi connectivity index (χ3n) is 4.06. The van der Waals surface area contributed by atoms with E-state index in [-0.39, 0.29) is 28.3 Å². The Kier molecular flexibility index (Phi) is 4.58. The summed E-state index contributed by atoms with van der Waals surface area (Å²) in [6.45, 7) is 1.56. The van der Waals surface area contributed by atoms with Crippen molar-refractivity contribution in [2.45, 2.75) is 6.92 Å². The summed E-state index contributed by atoms with van der Waals surface area (Å²) in [5, 5.41) is 9.61. The van der Waals surface area contributed by atoms with Crippen LogP contribution in [0, 0.1) is 5.82 Å². The Morgan fingerprint density at radius 2 is 1.92 bits per heavy atom. The van der Waals surface area contributed by atoms with E-state index in [0.29, 0.717) is 5.56 Å². The zero-order valence-corrected chi connectivity index (χ0v) is 14.2. The van der Waals surface area contributed by atoms with Gasteiger partial charge in [-0.1, -0.05) is 24.3 Å². The number of hydrogen-bond acceptors (Lipinski definition) is 4. The summed E-state index contributed by atoms with van der Waals surface area (Å²) in [5.74, 6) is -1.79. The number of aromatic hydroxyl groups is 1. The molecule has 1 aliphatic rings. The van der Waals surface area contributed by atoms with Gasteiger partial charge in [0.1, 0.15) is 11.6 Å². The summed E-state index contributed by atoms with van der Waals surface area (Å²) in [4.78, 5) is 26.4. The highest BCUT2D eigenvalue weighted by Crippen LogP contribution is 2.36. The molecular weight excluding hydrogens is 337 g/mol. The van der Waals surface area contributed by atoms with Crippen LogP contribution in [0.4, 0.5) is 10.1 Å². The maximum absolute atomic E-state index is 14.2. The summed E-state index contributed by atoms with van der Waals surface area (Å²) < 4.78 is 19.0. The third-order valence-corrected chi connectivity index (χ3v) is 4.06. The zero-order chi connectivity index (χ0) is 18.8. The van der Waals surface area contributed by atoms with E-state index in [0.717, 1.165) is 4.90 Å². The van der Waals surface area contributed by atoms with E-state index in [1.54, 1.807) is 25.1 Å². The molecule has 1 amide bonds. The van der Waals surface area contributed by atoms with Gasteiger partial charge in [-0.3, -0.25) is 9.69 Å². The third kappa shape index (κ3) is 2.97. The number of methoxy groups -OCH3 is 1. The van der Waals surface area contributed by atoms with E-state index in [2.05, 4.69) is 0 Å². The van der Waals surface area contributed by atoms with Crippen molar-refractivity contribution in [1.29, 1.82) is 0 Å². The molecule has 0 saturated heterocycles. The number of benzene rings is 2. The number of phenols is 1. The molecule has 6 heteroatoms. The summed E-state index contributed by atoms with van der Waals surface area (Å²) in [5.41, 5.74) is 0.985. The van der Waals surface area contributed by atoms with Gasteiger partial charge in [-0.2, -0.15) is 0 Å². The molecule has 2 aromatic carbocycles. The van der Waals surface area contributed by atoms with Crippen molar-refractivity contribution in [2.24, 2.45) is 0 Å². The van der Waals surface area contributed by atoms with Crippen LogP contribution in [-0.4, -0.2) is 24.1 Å². The van der Waals surface area contributed by atoms with Gasteiger partial charge >= 0.3 is 5.97 Å². The standard InChI is InChI=1S/C20H16FNO4/c1-12-18(20(25)26-2)15(11-13-6-5-7-14(23)10-13)19(24)22(12)17-9-4-3-8-16(17)21/h3-11,23H,1-2H3/b15-11-. The Balaban J connectivity index is 2.17. The predicted molar refractivity (Wildman–Crippen MR) is 94.7 cm³/mol. The van der Waals surface area contributed by atoms with E-state index in [1.165, 1.54) is 43.5 Å². The molecule has 0 bridgehead atoms. The quantitative estimate of drug-likeness (QED) is 0.678. The highest BCUT2D eigenvalue weighted by Gasteiger charge is 2.38. The van der Waals surface area contributed by atoms with E-state index in [9.17, 15) is 19.1 Å². The lowest BCUT2D eigenvalue weighted by atomic mass is 10.0. The van der Waals surface area contributed by atoms with Crippen LogP contribution in [0.5, 0.6) is 5.75 Å². The van der Waals surface area contributed by atoms with Gasteiger partial charge in [0.15, 0.2) is 0 Å².